The summed E-state index contributed by atoms with van der Waals surface area (Å²) >= 11 is 0. The van der Waals surface area contributed by atoms with Crippen molar-refractivity contribution in [1.29, 1.82) is 0 Å². The maximum absolute atomic E-state index is 13.3. The number of anilines is 2. The highest BCUT2D eigenvalue weighted by Gasteiger charge is 2.35. The molecule has 146 valence electrons. The molecule has 7 nitrogen and oxygen atoms in total. The molecule has 7 heteroatoms. The van der Waals surface area contributed by atoms with Crippen LogP contribution >= 0.6 is 0 Å². The van der Waals surface area contributed by atoms with Crippen LogP contribution in [-0.2, 0) is 4.79 Å². The zero-order valence-electron chi connectivity index (χ0n) is 16.0. The lowest BCUT2D eigenvalue weighted by Gasteiger charge is -2.29. The summed E-state index contributed by atoms with van der Waals surface area (Å²) in [6, 6.07) is 16.5. The van der Waals surface area contributed by atoms with Crippen molar-refractivity contribution in [3.63, 3.8) is 0 Å². The van der Waals surface area contributed by atoms with Crippen molar-refractivity contribution in [2.24, 2.45) is 0 Å². The molecule has 0 aliphatic carbocycles. The van der Waals surface area contributed by atoms with Gasteiger partial charge in [-0.15, -0.1) is 0 Å². The van der Waals surface area contributed by atoms with E-state index in [0.29, 0.717) is 29.6 Å². The van der Waals surface area contributed by atoms with Crippen LogP contribution in [-0.4, -0.2) is 27.3 Å². The molecule has 0 spiro atoms. The minimum absolute atomic E-state index is 0.217. The highest BCUT2D eigenvalue weighted by atomic mass is 16.5. The Labute approximate surface area is 168 Å². The van der Waals surface area contributed by atoms with Gasteiger partial charge in [-0.25, -0.2) is 4.68 Å². The predicted molar refractivity (Wildman–Crippen MR) is 112 cm³/mol. The number of hydrogen-bond acceptors (Lipinski definition) is 5. The summed E-state index contributed by atoms with van der Waals surface area (Å²) in [5.74, 6) is 1.02. The van der Waals surface area contributed by atoms with Crippen LogP contribution in [0.5, 0.6) is 5.75 Å². The zero-order valence-corrected chi connectivity index (χ0v) is 16.0. The number of aromatic nitrogens is 3. The van der Waals surface area contributed by atoms with Crippen molar-refractivity contribution in [2.45, 2.75) is 13.0 Å². The third kappa shape index (κ3) is 3.62. The Morgan fingerprint density at radius 1 is 1.24 bits per heavy atom. The van der Waals surface area contributed by atoms with E-state index in [4.69, 9.17) is 4.74 Å². The molecule has 2 aromatic carbocycles. The van der Waals surface area contributed by atoms with E-state index in [0.717, 1.165) is 11.3 Å². The molecule has 1 amide bonds. The van der Waals surface area contributed by atoms with Gasteiger partial charge in [-0.2, -0.15) is 10.1 Å². The van der Waals surface area contributed by atoms with Gasteiger partial charge in [0.15, 0.2) is 0 Å². The quantitative estimate of drug-likeness (QED) is 0.629. The number of para-hydroxylation sites is 2. The van der Waals surface area contributed by atoms with Crippen molar-refractivity contribution in [3.8, 4) is 5.75 Å². The van der Waals surface area contributed by atoms with Gasteiger partial charge in [-0.3, -0.25) is 4.79 Å². The highest BCUT2D eigenvalue weighted by Crippen LogP contribution is 2.39. The van der Waals surface area contributed by atoms with Gasteiger partial charge >= 0.3 is 0 Å². The number of allylic oxidation sites excluding steroid dienone is 1. The number of fused-ring (bicyclic) bond motifs is 1. The van der Waals surface area contributed by atoms with Crippen LogP contribution in [0.2, 0.25) is 0 Å². The fourth-order valence-electron chi connectivity index (χ4n) is 3.38. The molecule has 0 fully saturated rings. The van der Waals surface area contributed by atoms with Gasteiger partial charge in [0, 0.05) is 16.9 Å². The molecule has 1 unspecified atom stereocenters. The number of hydrogen-bond donors (Lipinski definition) is 2. The third-order valence-corrected chi connectivity index (χ3v) is 4.64. The summed E-state index contributed by atoms with van der Waals surface area (Å²) in [5, 5.41) is 10.5. The fourth-order valence-corrected chi connectivity index (χ4v) is 3.38. The van der Waals surface area contributed by atoms with E-state index in [1.54, 1.807) is 10.8 Å². The lowest BCUT2D eigenvalue weighted by atomic mass is 9.94. The zero-order chi connectivity index (χ0) is 20.2. The highest BCUT2D eigenvalue weighted by molar-refractivity contribution is 6.06. The molecule has 0 bridgehead atoms. The summed E-state index contributed by atoms with van der Waals surface area (Å²) in [6.07, 6.45) is 3.15. The van der Waals surface area contributed by atoms with Crippen molar-refractivity contribution in [3.05, 3.63) is 90.4 Å². The number of amides is 1. The standard InChI is InChI=1S/C22H21N5O2/c1-3-13-29-18-12-8-7-11-17(18)20-19(15(2)25-22-23-14-24-27(20)22)21(28)26-16-9-5-4-6-10-16/h3-12,14,20H,1,13H2,2H3,(H,26,28)(H,23,24,25). The van der Waals surface area contributed by atoms with Crippen LogP contribution in [0, 0.1) is 0 Å². The molecule has 4 rings (SSSR count). The molecule has 0 radical (unpaired) electrons. The molecule has 3 aromatic rings. The van der Waals surface area contributed by atoms with Gasteiger partial charge < -0.3 is 15.4 Å². The maximum Gasteiger partial charge on any atom is 0.255 e. The summed E-state index contributed by atoms with van der Waals surface area (Å²) in [5.41, 5.74) is 2.79. The van der Waals surface area contributed by atoms with Crippen LogP contribution in [0.1, 0.15) is 18.5 Å². The molecule has 1 aliphatic rings. The van der Waals surface area contributed by atoms with E-state index in [-0.39, 0.29) is 5.91 Å². The van der Waals surface area contributed by atoms with E-state index >= 15 is 0 Å². The van der Waals surface area contributed by atoms with Gasteiger partial charge in [0.05, 0.1) is 5.57 Å². The summed E-state index contributed by atoms with van der Waals surface area (Å²) in [4.78, 5) is 17.6. The number of ether oxygens (including phenoxy) is 1. The smallest absolute Gasteiger partial charge is 0.255 e. The molecule has 29 heavy (non-hydrogen) atoms. The molecule has 0 saturated heterocycles. The Hall–Kier alpha value is -3.87. The van der Waals surface area contributed by atoms with Crippen molar-refractivity contribution < 1.29 is 9.53 Å². The average Bonchev–Trinajstić information content (AvgIpc) is 3.20. The predicted octanol–water partition coefficient (Wildman–Crippen LogP) is 3.77. The first kappa shape index (κ1) is 18.5. The van der Waals surface area contributed by atoms with Crippen LogP contribution in [0.15, 0.2) is 84.8 Å². The number of rotatable bonds is 6. The van der Waals surface area contributed by atoms with E-state index in [2.05, 4.69) is 27.3 Å². The van der Waals surface area contributed by atoms with Gasteiger partial charge in [-0.05, 0) is 25.1 Å². The normalized spacial score (nSPS) is 15.3. The number of nitrogens with one attached hydrogen (secondary N) is 2. The summed E-state index contributed by atoms with van der Waals surface area (Å²) in [6.45, 7) is 5.93. The first-order chi connectivity index (χ1) is 14.2. The Morgan fingerprint density at radius 3 is 2.79 bits per heavy atom. The first-order valence-electron chi connectivity index (χ1n) is 9.25. The first-order valence-corrected chi connectivity index (χ1v) is 9.25. The molecular weight excluding hydrogens is 366 g/mol. The lowest BCUT2D eigenvalue weighted by Crippen LogP contribution is -2.31. The summed E-state index contributed by atoms with van der Waals surface area (Å²) < 4.78 is 7.56. The second-order valence-corrected chi connectivity index (χ2v) is 6.55. The van der Waals surface area contributed by atoms with Crippen molar-refractivity contribution in [2.75, 3.05) is 17.2 Å². The molecule has 1 atom stereocenters. The van der Waals surface area contributed by atoms with Crippen LogP contribution in [0.25, 0.3) is 0 Å². The number of nitrogens with zero attached hydrogens (tertiary/aromatic N) is 3. The summed E-state index contributed by atoms with van der Waals surface area (Å²) in [7, 11) is 0. The fraction of sp³-hybridized carbons (Fsp3) is 0.136. The number of carbonyl (C=O) groups excluding carboxylic acids is 1. The van der Waals surface area contributed by atoms with Crippen LogP contribution in [0.4, 0.5) is 11.6 Å². The second kappa shape index (κ2) is 8.02. The van der Waals surface area contributed by atoms with E-state index in [1.807, 2.05) is 61.5 Å². The third-order valence-electron chi connectivity index (χ3n) is 4.64. The molecule has 2 heterocycles. The largest absolute Gasteiger partial charge is 0.489 e. The van der Waals surface area contributed by atoms with Gasteiger partial charge in [0.1, 0.15) is 24.7 Å². The SMILES string of the molecule is C=CCOc1ccccc1C1C(C(=O)Nc2ccccc2)=C(C)Nc2ncnn21. The minimum atomic E-state index is -0.488. The molecule has 0 saturated carbocycles. The maximum atomic E-state index is 13.3. The molecule has 1 aromatic heterocycles. The molecule has 1 aliphatic heterocycles. The van der Waals surface area contributed by atoms with Gasteiger partial charge in [0.2, 0.25) is 5.95 Å². The Morgan fingerprint density at radius 2 is 2.00 bits per heavy atom. The minimum Gasteiger partial charge on any atom is -0.489 e. The van der Waals surface area contributed by atoms with Crippen molar-refractivity contribution in [1.82, 2.24) is 14.8 Å². The van der Waals surface area contributed by atoms with E-state index in [1.165, 1.54) is 6.33 Å². The van der Waals surface area contributed by atoms with Crippen molar-refractivity contribution >= 4 is 17.5 Å². The number of benzene rings is 2. The Balaban J connectivity index is 1.79. The average molecular weight is 387 g/mol. The molecule has 2 N–H and O–H groups in total. The van der Waals surface area contributed by atoms with Gasteiger partial charge in [-0.1, -0.05) is 49.1 Å². The molecular formula is C22H21N5O2. The van der Waals surface area contributed by atoms with Gasteiger partial charge in [0.25, 0.3) is 5.91 Å². The van der Waals surface area contributed by atoms with Crippen LogP contribution < -0.4 is 15.4 Å². The second-order valence-electron chi connectivity index (χ2n) is 6.55. The lowest BCUT2D eigenvalue weighted by molar-refractivity contribution is -0.113. The topological polar surface area (TPSA) is 81.1 Å². The van der Waals surface area contributed by atoms with E-state index in [9.17, 15) is 4.79 Å². The Bertz CT molecular complexity index is 1070. The number of carbonyl (C=O) groups is 1. The Kier molecular flexibility index (Phi) is 5.11. The monoisotopic (exact) mass is 387 g/mol. The van der Waals surface area contributed by atoms with Crippen LogP contribution in [0.3, 0.4) is 0 Å². The van der Waals surface area contributed by atoms with E-state index < -0.39 is 6.04 Å².